The van der Waals surface area contributed by atoms with Crippen LogP contribution in [0.15, 0.2) is 22.6 Å². The molecule has 0 spiro atoms. The van der Waals surface area contributed by atoms with Gasteiger partial charge in [0, 0.05) is 11.1 Å². The highest BCUT2D eigenvalue weighted by molar-refractivity contribution is 5.76. The molecule has 3 nitrogen and oxygen atoms in total. The number of benzene rings is 1. The molecule has 0 saturated heterocycles. The molecule has 3 heteroatoms. The molecule has 1 aromatic carbocycles. The minimum Gasteiger partial charge on any atom is -0.440 e. The van der Waals surface area contributed by atoms with Crippen LogP contribution in [0.2, 0.25) is 0 Å². The van der Waals surface area contributed by atoms with Crippen LogP contribution in [-0.2, 0) is 5.41 Å². The average Bonchev–Trinajstić information content (AvgIpc) is 2.94. The van der Waals surface area contributed by atoms with E-state index in [1.165, 1.54) is 25.7 Å². The summed E-state index contributed by atoms with van der Waals surface area (Å²) in [6.07, 6.45) is 6.08. The Kier molecular flexibility index (Phi) is 2.35. The highest BCUT2D eigenvalue weighted by Crippen LogP contribution is 2.44. The van der Waals surface area contributed by atoms with E-state index in [1.54, 1.807) is 0 Å². The first-order valence-corrected chi connectivity index (χ1v) is 6.40. The van der Waals surface area contributed by atoms with Crippen molar-refractivity contribution < 1.29 is 4.42 Å². The lowest BCUT2D eigenvalue weighted by Gasteiger charge is -2.22. The Morgan fingerprint density at radius 3 is 2.82 bits per heavy atom. The third-order valence-corrected chi connectivity index (χ3v) is 4.10. The van der Waals surface area contributed by atoms with E-state index in [9.17, 15) is 0 Å². The Bertz CT molecular complexity index is 538. The van der Waals surface area contributed by atoms with E-state index >= 15 is 0 Å². The Morgan fingerprint density at radius 1 is 1.35 bits per heavy atom. The van der Waals surface area contributed by atoms with Crippen LogP contribution in [0, 0.1) is 0 Å². The fraction of sp³-hybridized carbons (Fsp3) is 0.500. The van der Waals surface area contributed by atoms with Gasteiger partial charge in [0.25, 0.3) is 0 Å². The maximum Gasteiger partial charge on any atom is 0.201 e. The van der Waals surface area contributed by atoms with Crippen molar-refractivity contribution in [1.82, 2.24) is 4.98 Å². The Labute approximate surface area is 101 Å². The summed E-state index contributed by atoms with van der Waals surface area (Å²) in [7, 11) is 0. The lowest BCUT2D eigenvalue weighted by Crippen LogP contribution is -2.20. The zero-order valence-corrected chi connectivity index (χ0v) is 10.2. The number of anilines is 1. The number of rotatable bonds is 2. The van der Waals surface area contributed by atoms with Crippen LogP contribution in [0.4, 0.5) is 5.69 Å². The van der Waals surface area contributed by atoms with Gasteiger partial charge < -0.3 is 10.2 Å². The molecule has 0 amide bonds. The van der Waals surface area contributed by atoms with Crippen LogP contribution in [0.5, 0.6) is 0 Å². The monoisotopic (exact) mass is 230 g/mol. The summed E-state index contributed by atoms with van der Waals surface area (Å²) in [4.78, 5) is 4.65. The zero-order chi connectivity index (χ0) is 11.9. The van der Waals surface area contributed by atoms with Gasteiger partial charge in [0.05, 0.1) is 0 Å². The summed E-state index contributed by atoms with van der Waals surface area (Å²) >= 11 is 0. The van der Waals surface area contributed by atoms with Gasteiger partial charge in [-0.2, -0.15) is 0 Å². The third kappa shape index (κ3) is 1.61. The van der Waals surface area contributed by atoms with Crippen molar-refractivity contribution in [3.05, 3.63) is 24.1 Å². The van der Waals surface area contributed by atoms with Gasteiger partial charge in [-0.25, -0.2) is 4.98 Å². The number of oxazole rings is 1. The topological polar surface area (TPSA) is 52.0 Å². The molecule has 1 aromatic heterocycles. The van der Waals surface area contributed by atoms with E-state index in [2.05, 4.69) is 11.9 Å². The van der Waals surface area contributed by atoms with Crippen LogP contribution in [0.25, 0.3) is 11.1 Å². The van der Waals surface area contributed by atoms with Gasteiger partial charge in [-0.05, 0) is 37.5 Å². The second-order valence-corrected chi connectivity index (χ2v) is 5.09. The summed E-state index contributed by atoms with van der Waals surface area (Å²) < 4.78 is 5.93. The molecule has 0 bridgehead atoms. The molecule has 0 radical (unpaired) electrons. The molecule has 2 N–H and O–H groups in total. The summed E-state index contributed by atoms with van der Waals surface area (Å²) in [6.45, 7) is 2.23. The van der Waals surface area contributed by atoms with Crippen molar-refractivity contribution >= 4 is 16.8 Å². The average molecular weight is 230 g/mol. The molecule has 17 heavy (non-hydrogen) atoms. The van der Waals surface area contributed by atoms with Crippen molar-refractivity contribution in [2.75, 3.05) is 5.73 Å². The van der Waals surface area contributed by atoms with Crippen molar-refractivity contribution in [2.45, 2.75) is 44.4 Å². The first-order valence-electron chi connectivity index (χ1n) is 6.40. The molecule has 2 aromatic rings. The van der Waals surface area contributed by atoms with Crippen LogP contribution >= 0.6 is 0 Å². The molecular formula is C14H18N2O. The molecule has 0 unspecified atom stereocenters. The van der Waals surface area contributed by atoms with E-state index < -0.39 is 0 Å². The number of nitrogens with two attached hydrogens (primary N) is 1. The van der Waals surface area contributed by atoms with Gasteiger partial charge in [-0.15, -0.1) is 0 Å². The minimum absolute atomic E-state index is 0.174. The zero-order valence-electron chi connectivity index (χ0n) is 10.2. The van der Waals surface area contributed by atoms with Gasteiger partial charge in [0.15, 0.2) is 5.58 Å². The Morgan fingerprint density at radius 2 is 2.12 bits per heavy atom. The van der Waals surface area contributed by atoms with Gasteiger partial charge in [-0.3, -0.25) is 0 Å². The molecule has 1 aliphatic carbocycles. The number of hydrogen-bond donors (Lipinski definition) is 1. The molecule has 1 saturated carbocycles. The normalized spacial score (nSPS) is 18.9. The molecule has 1 heterocycles. The number of nitrogen functional groups attached to an aromatic ring is 1. The number of hydrogen-bond acceptors (Lipinski definition) is 3. The van der Waals surface area contributed by atoms with Gasteiger partial charge in [0.1, 0.15) is 5.52 Å². The lowest BCUT2D eigenvalue weighted by molar-refractivity contribution is 0.326. The first kappa shape index (κ1) is 10.6. The van der Waals surface area contributed by atoms with E-state index in [4.69, 9.17) is 10.2 Å². The van der Waals surface area contributed by atoms with Crippen LogP contribution in [0.3, 0.4) is 0 Å². The second kappa shape index (κ2) is 3.76. The van der Waals surface area contributed by atoms with Crippen molar-refractivity contribution in [3.8, 4) is 0 Å². The maximum absolute atomic E-state index is 5.93. The van der Waals surface area contributed by atoms with Gasteiger partial charge >= 0.3 is 0 Å². The van der Waals surface area contributed by atoms with Crippen LogP contribution in [-0.4, -0.2) is 4.98 Å². The highest BCUT2D eigenvalue weighted by atomic mass is 16.3. The Hall–Kier alpha value is -1.51. The van der Waals surface area contributed by atoms with Crippen molar-refractivity contribution in [1.29, 1.82) is 0 Å². The molecule has 1 aliphatic rings. The van der Waals surface area contributed by atoms with E-state index in [0.717, 1.165) is 29.1 Å². The SMILES string of the molecule is CCC1(c2nc3cc(N)ccc3o2)CCCC1. The quantitative estimate of drug-likeness (QED) is 0.801. The largest absolute Gasteiger partial charge is 0.440 e. The Balaban J connectivity index is 2.11. The fourth-order valence-electron chi connectivity index (χ4n) is 2.94. The lowest BCUT2D eigenvalue weighted by atomic mass is 9.83. The van der Waals surface area contributed by atoms with Crippen molar-refractivity contribution in [2.24, 2.45) is 0 Å². The minimum atomic E-state index is 0.174. The van der Waals surface area contributed by atoms with Gasteiger partial charge in [0.2, 0.25) is 5.89 Å². The molecule has 0 atom stereocenters. The van der Waals surface area contributed by atoms with E-state index in [0.29, 0.717) is 0 Å². The van der Waals surface area contributed by atoms with E-state index in [1.807, 2.05) is 18.2 Å². The second-order valence-electron chi connectivity index (χ2n) is 5.09. The van der Waals surface area contributed by atoms with Crippen molar-refractivity contribution in [3.63, 3.8) is 0 Å². The predicted molar refractivity (Wildman–Crippen MR) is 68.9 cm³/mol. The standard InChI is InChI=1S/C14H18N2O/c1-2-14(7-3-4-8-14)13-16-11-9-10(15)5-6-12(11)17-13/h5-6,9H,2-4,7-8,15H2,1H3. The fourth-order valence-corrected chi connectivity index (χ4v) is 2.94. The van der Waals surface area contributed by atoms with E-state index in [-0.39, 0.29) is 5.41 Å². The maximum atomic E-state index is 5.93. The molecule has 3 rings (SSSR count). The smallest absolute Gasteiger partial charge is 0.201 e. The van der Waals surface area contributed by atoms with Crippen LogP contribution in [0.1, 0.15) is 44.9 Å². The molecule has 90 valence electrons. The summed E-state index contributed by atoms with van der Waals surface area (Å²) in [5.74, 6) is 0.915. The van der Waals surface area contributed by atoms with Crippen LogP contribution < -0.4 is 5.73 Å². The number of nitrogens with zero attached hydrogens (tertiary/aromatic N) is 1. The van der Waals surface area contributed by atoms with Gasteiger partial charge in [-0.1, -0.05) is 19.8 Å². The number of fused-ring (bicyclic) bond motifs is 1. The highest BCUT2D eigenvalue weighted by Gasteiger charge is 2.38. The molecular weight excluding hydrogens is 212 g/mol. The molecule has 1 fully saturated rings. The summed E-state index contributed by atoms with van der Waals surface area (Å²) in [6, 6.07) is 5.67. The summed E-state index contributed by atoms with van der Waals surface area (Å²) in [5.41, 5.74) is 8.43. The molecule has 0 aliphatic heterocycles. The summed E-state index contributed by atoms with van der Waals surface area (Å²) in [5, 5.41) is 0. The first-order chi connectivity index (χ1) is 8.23. The third-order valence-electron chi connectivity index (χ3n) is 4.10. The number of aromatic nitrogens is 1. The predicted octanol–water partition coefficient (Wildman–Crippen LogP) is 3.63.